The molecular weight excluding hydrogens is 226 g/mol. The highest BCUT2D eigenvalue weighted by Gasteiger charge is 2.42. The van der Waals surface area contributed by atoms with Crippen LogP contribution in [0.2, 0.25) is 0 Å². The number of nitrogens with two attached hydrogens (primary N) is 1. The zero-order valence-corrected chi connectivity index (χ0v) is 11.1. The highest BCUT2D eigenvalue weighted by atomic mass is 32.2. The molecule has 2 N–H and O–H groups in total. The van der Waals surface area contributed by atoms with Crippen molar-refractivity contribution >= 4 is 11.8 Å². The third kappa shape index (κ3) is 2.25. The second-order valence-corrected chi connectivity index (χ2v) is 6.72. The summed E-state index contributed by atoms with van der Waals surface area (Å²) in [7, 11) is 0. The Kier molecular flexibility index (Phi) is 3.18. The lowest BCUT2D eigenvalue weighted by atomic mass is 9.88. The molecule has 0 amide bonds. The van der Waals surface area contributed by atoms with Gasteiger partial charge in [0.25, 0.3) is 0 Å². The molecule has 1 saturated heterocycles. The van der Waals surface area contributed by atoms with Crippen LogP contribution in [-0.4, -0.2) is 18.1 Å². The Morgan fingerprint density at radius 2 is 2.00 bits per heavy atom. The van der Waals surface area contributed by atoms with Crippen LogP contribution in [0.25, 0.3) is 0 Å². The summed E-state index contributed by atoms with van der Waals surface area (Å²) in [6.45, 7) is 0.816. The minimum Gasteiger partial charge on any atom is -0.330 e. The van der Waals surface area contributed by atoms with Gasteiger partial charge >= 0.3 is 0 Å². The van der Waals surface area contributed by atoms with Crippen LogP contribution in [-0.2, 0) is 5.41 Å². The van der Waals surface area contributed by atoms with E-state index in [1.807, 2.05) is 0 Å². The Labute approximate surface area is 108 Å². The molecule has 17 heavy (non-hydrogen) atoms. The zero-order valence-electron chi connectivity index (χ0n) is 10.3. The summed E-state index contributed by atoms with van der Waals surface area (Å²) in [6, 6.07) is 9.28. The molecule has 0 radical (unpaired) electrons. The van der Waals surface area contributed by atoms with E-state index in [1.165, 1.54) is 42.8 Å². The van der Waals surface area contributed by atoms with E-state index in [0.717, 1.165) is 12.5 Å². The van der Waals surface area contributed by atoms with E-state index in [4.69, 9.17) is 5.73 Å². The molecule has 0 bridgehead atoms. The maximum atomic E-state index is 5.93. The van der Waals surface area contributed by atoms with Crippen LogP contribution in [0.1, 0.15) is 42.7 Å². The van der Waals surface area contributed by atoms with E-state index in [1.54, 1.807) is 5.56 Å². The molecule has 0 unspecified atom stereocenters. The predicted molar refractivity (Wildman–Crippen MR) is 75.7 cm³/mol. The number of benzene rings is 1. The molecular formula is C15H21NS. The van der Waals surface area contributed by atoms with Crippen molar-refractivity contribution in [2.75, 3.05) is 18.1 Å². The van der Waals surface area contributed by atoms with Gasteiger partial charge in [-0.3, -0.25) is 0 Å². The lowest BCUT2D eigenvalue weighted by Crippen LogP contribution is -2.20. The van der Waals surface area contributed by atoms with Gasteiger partial charge < -0.3 is 5.73 Å². The average molecular weight is 247 g/mol. The van der Waals surface area contributed by atoms with Crippen molar-refractivity contribution in [3.8, 4) is 0 Å². The fourth-order valence-corrected chi connectivity index (χ4v) is 4.02. The molecule has 1 saturated carbocycles. The first kappa shape index (κ1) is 11.6. The number of hydrogen-bond donors (Lipinski definition) is 1. The second kappa shape index (κ2) is 4.66. The van der Waals surface area contributed by atoms with Crippen molar-refractivity contribution in [2.24, 2.45) is 5.73 Å². The molecule has 0 atom stereocenters. The largest absolute Gasteiger partial charge is 0.330 e. The van der Waals surface area contributed by atoms with E-state index < -0.39 is 0 Å². The Hall–Kier alpha value is -0.470. The van der Waals surface area contributed by atoms with Gasteiger partial charge in [0.05, 0.1) is 0 Å². The van der Waals surface area contributed by atoms with Gasteiger partial charge in [0.15, 0.2) is 0 Å². The van der Waals surface area contributed by atoms with Crippen LogP contribution < -0.4 is 5.73 Å². The molecule has 2 fully saturated rings. The minimum absolute atomic E-state index is 0.347. The Balaban J connectivity index is 1.83. The van der Waals surface area contributed by atoms with Gasteiger partial charge in [0, 0.05) is 12.0 Å². The zero-order chi connectivity index (χ0) is 11.7. The first-order chi connectivity index (χ1) is 8.34. The van der Waals surface area contributed by atoms with E-state index >= 15 is 0 Å². The molecule has 2 heteroatoms. The van der Waals surface area contributed by atoms with Crippen LogP contribution in [0.4, 0.5) is 0 Å². The van der Waals surface area contributed by atoms with Gasteiger partial charge in [-0.1, -0.05) is 24.3 Å². The molecule has 92 valence electrons. The summed E-state index contributed by atoms with van der Waals surface area (Å²) in [5, 5.41) is 0. The number of thioether (sulfide) groups is 1. The molecule has 1 aliphatic carbocycles. The van der Waals surface area contributed by atoms with Gasteiger partial charge in [-0.25, -0.2) is 0 Å². The lowest BCUT2D eigenvalue weighted by Gasteiger charge is -2.23. The van der Waals surface area contributed by atoms with Gasteiger partial charge in [0.2, 0.25) is 0 Å². The molecule has 1 aromatic carbocycles. The quantitative estimate of drug-likeness (QED) is 0.887. The minimum atomic E-state index is 0.347. The Morgan fingerprint density at radius 1 is 1.24 bits per heavy atom. The topological polar surface area (TPSA) is 26.0 Å². The van der Waals surface area contributed by atoms with Crippen molar-refractivity contribution < 1.29 is 0 Å². The first-order valence-corrected chi connectivity index (χ1v) is 7.88. The summed E-state index contributed by atoms with van der Waals surface area (Å²) in [6.07, 6.45) is 5.27. The van der Waals surface area contributed by atoms with Crippen LogP contribution >= 0.6 is 11.8 Å². The van der Waals surface area contributed by atoms with Crippen LogP contribution in [0.15, 0.2) is 24.3 Å². The van der Waals surface area contributed by atoms with Gasteiger partial charge in [-0.15, -0.1) is 0 Å². The van der Waals surface area contributed by atoms with E-state index in [-0.39, 0.29) is 0 Å². The Bertz CT molecular complexity index is 392. The monoisotopic (exact) mass is 247 g/mol. The van der Waals surface area contributed by atoms with E-state index in [9.17, 15) is 0 Å². The maximum absolute atomic E-state index is 5.93. The van der Waals surface area contributed by atoms with Crippen molar-refractivity contribution in [2.45, 2.75) is 37.0 Å². The van der Waals surface area contributed by atoms with E-state index in [0.29, 0.717) is 5.41 Å². The summed E-state index contributed by atoms with van der Waals surface area (Å²) in [5.74, 6) is 3.46. The average Bonchev–Trinajstić information content (AvgIpc) is 3.21. The number of hydrogen-bond acceptors (Lipinski definition) is 2. The summed E-state index contributed by atoms with van der Waals surface area (Å²) >= 11 is 2.10. The lowest BCUT2D eigenvalue weighted by molar-refractivity contribution is 0.632. The highest BCUT2D eigenvalue weighted by molar-refractivity contribution is 7.99. The van der Waals surface area contributed by atoms with Crippen molar-refractivity contribution in [1.29, 1.82) is 0 Å². The van der Waals surface area contributed by atoms with Crippen molar-refractivity contribution in [3.05, 3.63) is 35.4 Å². The second-order valence-electron chi connectivity index (χ2n) is 5.50. The SMILES string of the molecule is NCC1(c2cccc(C3CCSCC3)c2)CC1. The highest BCUT2D eigenvalue weighted by Crippen LogP contribution is 2.47. The third-order valence-corrected chi connectivity index (χ3v) is 5.48. The van der Waals surface area contributed by atoms with Crippen LogP contribution in [0.5, 0.6) is 0 Å². The molecule has 3 rings (SSSR count). The third-order valence-electron chi connectivity index (χ3n) is 4.44. The fourth-order valence-electron chi connectivity index (χ4n) is 2.91. The molecule has 2 aliphatic rings. The van der Waals surface area contributed by atoms with Crippen molar-refractivity contribution in [3.63, 3.8) is 0 Å². The fraction of sp³-hybridized carbons (Fsp3) is 0.600. The van der Waals surface area contributed by atoms with Crippen LogP contribution in [0, 0.1) is 0 Å². The number of rotatable bonds is 3. The Morgan fingerprint density at radius 3 is 2.65 bits per heavy atom. The molecule has 0 aromatic heterocycles. The molecule has 1 heterocycles. The molecule has 1 aliphatic heterocycles. The van der Waals surface area contributed by atoms with Gasteiger partial charge in [0.1, 0.15) is 0 Å². The molecule has 1 nitrogen and oxygen atoms in total. The normalized spacial score (nSPS) is 23.6. The molecule has 1 aromatic rings. The standard InChI is InChI=1S/C15H21NS/c16-11-15(6-7-15)14-3-1-2-13(10-14)12-4-8-17-9-5-12/h1-3,10,12H,4-9,11,16H2. The smallest absolute Gasteiger partial charge is 0.00763 e. The predicted octanol–water partition coefficient (Wildman–Crippen LogP) is 3.29. The summed E-state index contributed by atoms with van der Waals surface area (Å²) < 4.78 is 0. The van der Waals surface area contributed by atoms with Crippen LogP contribution in [0.3, 0.4) is 0 Å². The maximum Gasteiger partial charge on any atom is 0.00763 e. The summed E-state index contributed by atoms with van der Waals surface area (Å²) in [5.41, 5.74) is 9.33. The summed E-state index contributed by atoms with van der Waals surface area (Å²) in [4.78, 5) is 0. The first-order valence-electron chi connectivity index (χ1n) is 6.72. The van der Waals surface area contributed by atoms with Gasteiger partial charge in [-0.05, 0) is 54.2 Å². The molecule has 0 spiro atoms. The van der Waals surface area contributed by atoms with Gasteiger partial charge in [-0.2, -0.15) is 11.8 Å². The van der Waals surface area contributed by atoms with E-state index in [2.05, 4.69) is 36.0 Å². The van der Waals surface area contributed by atoms with Crippen molar-refractivity contribution in [1.82, 2.24) is 0 Å².